The molecule has 0 spiro atoms. The third-order valence-corrected chi connectivity index (χ3v) is 8.41. The first-order valence-electron chi connectivity index (χ1n) is 15.4. The lowest BCUT2D eigenvalue weighted by Gasteiger charge is -2.54. The van der Waals surface area contributed by atoms with Crippen LogP contribution in [0.25, 0.3) is 17.2 Å². The average Bonchev–Trinajstić information content (AvgIpc) is 2.94. The number of allylic oxidation sites excluding steroid dienone is 1. The molecule has 0 radical (unpaired) electrons. The number of carbonyl (C=O) groups is 2. The Balaban J connectivity index is 1.56. The zero-order valence-corrected chi connectivity index (χ0v) is 27.8. The number of aromatic nitrogens is 4. The maximum absolute atomic E-state index is 14.3. The van der Waals surface area contributed by atoms with E-state index in [1.807, 2.05) is 46.4 Å². The summed E-state index contributed by atoms with van der Waals surface area (Å²) < 4.78 is 46.7. The molecule has 0 unspecified atom stereocenters. The Labute approximate surface area is 274 Å². The van der Waals surface area contributed by atoms with Crippen molar-refractivity contribution in [1.29, 1.82) is 0 Å². The number of carbonyl (C=O) groups excluding carboxylic acids is 2. The zero-order chi connectivity index (χ0) is 34.4. The van der Waals surface area contributed by atoms with Gasteiger partial charge in [-0.3, -0.25) is 9.59 Å². The van der Waals surface area contributed by atoms with E-state index >= 15 is 0 Å². The highest BCUT2D eigenvalue weighted by molar-refractivity contribution is 6.33. The second-order valence-corrected chi connectivity index (χ2v) is 13.4. The maximum Gasteiger partial charge on any atom is 0.416 e. The van der Waals surface area contributed by atoms with Crippen molar-refractivity contribution in [2.45, 2.75) is 91.2 Å². The number of pyridine rings is 1. The van der Waals surface area contributed by atoms with Gasteiger partial charge in [-0.25, -0.2) is 9.78 Å². The fraction of sp³-hybridized carbons (Fsp3) is 0.500. The van der Waals surface area contributed by atoms with E-state index < -0.39 is 29.3 Å². The minimum absolute atomic E-state index is 0.00100. The van der Waals surface area contributed by atoms with E-state index in [1.54, 1.807) is 15.5 Å². The molecule has 2 atom stereocenters. The molecule has 2 aromatic heterocycles. The molecule has 2 amide bonds. The summed E-state index contributed by atoms with van der Waals surface area (Å²) in [7, 11) is 0. The molecule has 1 aromatic carbocycles. The number of piperazine rings is 1. The first-order valence-corrected chi connectivity index (χ1v) is 15.7. The zero-order valence-electron chi connectivity index (χ0n) is 27.0. The van der Waals surface area contributed by atoms with Gasteiger partial charge in [0, 0.05) is 24.8 Å². The van der Waals surface area contributed by atoms with Crippen molar-refractivity contribution in [3.63, 3.8) is 0 Å². The number of hydrogen-bond donors (Lipinski definition) is 1. The number of hydrogen-bond acceptors (Lipinski definition) is 8. The molecule has 3 aromatic rings. The van der Waals surface area contributed by atoms with E-state index in [2.05, 4.69) is 20.5 Å². The van der Waals surface area contributed by atoms with Gasteiger partial charge in [0.1, 0.15) is 17.8 Å². The molecule has 252 valence electrons. The number of ether oxygens (including phenoxy) is 1. The van der Waals surface area contributed by atoms with Crippen LogP contribution in [0.1, 0.15) is 71.5 Å². The van der Waals surface area contributed by atoms with Crippen molar-refractivity contribution in [1.82, 2.24) is 24.6 Å². The van der Waals surface area contributed by atoms with Gasteiger partial charge >= 0.3 is 12.3 Å². The smallest absolute Gasteiger partial charge is 0.416 e. The van der Waals surface area contributed by atoms with Crippen LogP contribution < -0.4 is 15.6 Å². The summed E-state index contributed by atoms with van der Waals surface area (Å²) in [5.74, 6) is -0.377. The summed E-state index contributed by atoms with van der Waals surface area (Å²) in [6.07, 6.45) is -1.50. The average molecular weight is 676 g/mol. The second-order valence-electron chi connectivity index (χ2n) is 12.9. The van der Waals surface area contributed by atoms with E-state index in [9.17, 15) is 27.6 Å². The van der Waals surface area contributed by atoms with E-state index in [-0.39, 0.29) is 51.8 Å². The molecule has 11 nitrogen and oxygen atoms in total. The van der Waals surface area contributed by atoms with Gasteiger partial charge in [-0.2, -0.15) is 13.2 Å². The predicted octanol–water partition coefficient (Wildman–Crippen LogP) is 6.07. The number of alkyl halides is 3. The normalized spacial score (nSPS) is 18.0. The van der Waals surface area contributed by atoms with Crippen molar-refractivity contribution in [3.8, 4) is 0 Å². The Morgan fingerprint density at radius 1 is 1.11 bits per heavy atom. The highest BCUT2D eigenvalue weighted by atomic mass is 35.5. The summed E-state index contributed by atoms with van der Waals surface area (Å²) in [6.45, 7) is 11.3. The summed E-state index contributed by atoms with van der Waals surface area (Å²) in [5, 5.41) is 10.8. The fourth-order valence-corrected chi connectivity index (χ4v) is 6.23. The first-order chi connectivity index (χ1) is 22.0. The lowest BCUT2D eigenvalue weighted by atomic mass is 9.81. The van der Waals surface area contributed by atoms with E-state index in [0.29, 0.717) is 30.9 Å². The minimum Gasteiger partial charge on any atom is -0.444 e. The van der Waals surface area contributed by atoms with Crippen LogP contribution >= 0.6 is 11.6 Å². The second kappa shape index (κ2) is 12.8. The monoisotopic (exact) mass is 675 g/mol. The van der Waals surface area contributed by atoms with Gasteiger partial charge in [-0.05, 0) is 78.2 Å². The van der Waals surface area contributed by atoms with Crippen LogP contribution in [0.15, 0.2) is 28.6 Å². The van der Waals surface area contributed by atoms with Crippen LogP contribution in [0.4, 0.5) is 29.3 Å². The van der Waals surface area contributed by atoms with Gasteiger partial charge < -0.3 is 24.4 Å². The molecule has 0 bridgehead atoms. The van der Waals surface area contributed by atoms with Gasteiger partial charge in [0.25, 0.3) is 0 Å². The number of nitrogens with zero attached hydrogens (tertiary/aromatic N) is 6. The molecule has 5 rings (SSSR count). The predicted molar refractivity (Wildman–Crippen MR) is 172 cm³/mol. The summed E-state index contributed by atoms with van der Waals surface area (Å²) >= 11 is 6.10. The van der Waals surface area contributed by atoms with Crippen LogP contribution in [0.2, 0.25) is 5.02 Å². The number of amides is 2. The number of fused-ring (bicyclic) bond motifs is 2. The fourth-order valence-electron chi connectivity index (χ4n) is 6.00. The SMILES string of the molecule is CCc1c(N2CCN(C(=O)OC(C)(C)C)[C@H]3CC[C@@H]32)c(=O)c2nc(C=C(C)C)nnc2n1CC(=O)Nc1ccc(C(F)(F)F)cc1Cl. The van der Waals surface area contributed by atoms with Crippen molar-refractivity contribution < 1.29 is 27.5 Å². The quantitative estimate of drug-likeness (QED) is 0.334. The molecule has 2 fully saturated rings. The maximum atomic E-state index is 14.3. The Hall–Kier alpha value is -4.20. The van der Waals surface area contributed by atoms with E-state index in [0.717, 1.165) is 36.6 Å². The third kappa shape index (κ3) is 7.07. The van der Waals surface area contributed by atoms with Crippen LogP contribution in [0.5, 0.6) is 0 Å². The summed E-state index contributed by atoms with van der Waals surface area (Å²) in [6, 6.07) is 2.34. The van der Waals surface area contributed by atoms with Gasteiger partial charge in [0.2, 0.25) is 11.3 Å². The van der Waals surface area contributed by atoms with Crippen molar-refractivity contribution in [2.24, 2.45) is 0 Å². The Kier molecular flexibility index (Phi) is 9.28. The number of halogens is 4. The molecular formula is C32H37ClF3N7O4. The summed E-state index contributed by atoms with van der Waals surface area (Å²) in [4.78, 5) is 49.0. The van der Waals surface area contributed by atoms with E-state index in [1.165, 1.54) is 0 Å². The van der Waals surface area contributed by atoms with Crippen LogP contribution in [0, 0.1) is 0 Å². The molecule has 1 saturated carbocycles. The first kappa shape index (κ1) is 34.1. The molecule has 1 aliphatic carbocycles. The van der Waals surface area contributed by atoms with Crippen LogP contribution in [0.3, 0.4) is 0 Å². The molecular weight excluding hydrogens is 639 g/mol. The van der Waals surface area contributed by atoms with Crippen molar-refractivity contribution in [3.05, 3.63) is 56.1 Å². The lowest BCUT2D eigenvalue weighted by Crippen LogP contribution is -2.67. The number of benzene rings is 1. The molecule has 47 heavy (non-hydrogen) atoms. The van der Waals surface area contributed by atoms with Crippen LogP contribution in [-0.2, 0) is 28.7 Å². The third-order valence-electron chi connectivity index (χ3n) is 8.10. The van der Waals surface area contributed by atoms with Gasteiger partial charge in [0.15, 0.2) is 17.0 Å². The van der Waals surface area contributed by atoms with E-state index in [4.69, 9.17) is 16.3 Å². The lowest BCUT2D eigenvalue weighted by molar-refractivity contribution is -0.137. The molecule has 2 aliphatic rings. The van der Waals surface area contributed by atoms with Gasteiger partial charge in [-0.1, -0.05) is 24.1 Å². The number of rotatable bonds is 6. The molecule has 1 N–H and O–H groups in total. The molecule has 1 saturated heterocycles. The van der Waals surface area contributed by atoms with Gasteiger partial charge in [0.05, 0.1) is 22.3 Å². The number of nitrogens with one attached hydrogen (secondary N) is 1. The standard InChI is InChI=1S/C32H37ClF3N7O4/c1-7-21-27(41-12-13-42(23-11-10-22(23)41)30(46)47-31(4,5)6)28(45)26-29(40-39-24(38-26)14-17(2)3)43(21)16-25(44)37-20-9-8-18(15-19(20)33)32(34,35)36/h8-9,14-15,22-23H,7,10-13,16H2,1-6H3,(H,37,44)/t22-,23-/m0/s1. The number of anilines is 2. The van der Waals surface area contributed by atoms with Crippen molar-refractivity contribution in [2.75, 3.05) is 23.3 Å². The molecule has 1 aliphatic heterocycles. The highest BCUT2D eigenvalue weighted by Crippen LogP contribution is 2.38. The van der Waals surface area contributed by atoms with Crippen molar-refractivity contribution >= 4 is 52.2 Å². The minimum atomic E-state index is -4.60. The largest absolute Gasteiger partial charge is 0.444 e. The molecule has 15 heteroatoms. The Morgan fingerprint density at radius 2 is 1.81 bits per heavy atom. The highest BCUT2D eigenvalue weighted by Gasteiger charge is 2.47. The van der Waals surface area contributed by atoms with Crippen LogP contribution in [-0.4, -0.2) is 67.4 Å². The Morgan fingerprint density at radius 3 is 2.38 bits per heavy atom. The van der Waals surface area contributed by atoms with Gasteiger partial charge in [-0.15, -0.1) is 10.2 Å². The summed E-state index contributed by atoms with van der Waals surface area (Å²) in [5.41, 5.74) is -0.0950. The topological polar surface area (TPSA) is 123 Å². The molecule has 3 heterocycles. The Bertz CT molecular complexity index is 1820.